The van der Waals surface area contributed by atoms with Crippen LogP contribution in [0.1, 0.15) is 99.7 Å². The molecule has 4 aliphatic rings. The predicted molar refractivity (Wildman–Crippen MR) is 242 cm³/mol. The Labute approximate surface area is 383 Å². The molecule has 1 aromatic carbocycles. The van der Waals surface area contributed by atoms with Crippen molar-refractivity contribution in [2.45, 2.75) is 103 Å². The second-order valence-electron chi connectivity index (χ2n) is 18.8. The van der Waals surface area contributed by atoms with E-state index in [1.54, 1.807) is 62.2 Å². The van der Waals surface area contributed by atoms with Crippen LogP contribution in [0.2, 0.25) is 10.0 Å². The fourth-order valence-electron chi connectivity index (χ4n) is 10.0. The summed E-state index contributed by atoms with van der Waals surface area (Å²) < 4.78 is 18.5. The highest BCUT2D eigenvalue weighted by atomic mass is 35.5. The standard InChI is InChI=1S/C47H56Cl2N8O7/c1-45(2,3)64-44(61)57(25-29-11-13-36(58)51-29)24-28-10-12-32(54-42(28)62-5)30-14-21-50-39(38(30)49)31-8-7-9-34(37(31)48)53-41(59)40-52-33-15-22-56(26-35(33)55(40)4)23-20-46-16-18-47(27-46,19-17-46)43(60)63-6/h7-10,12,14,21,29H,11,13,15-20,22-27H2,1-6H3,(H,51,58)(H,53,59)/t29-,46?,47?/m0/s1. The van der Waals surface area contributed by atoms with Crippen LogP contribution in [0.5, 0.6) is 5.88 Å². The van der Waals surface area contributed by atoms with Crippen LogP contribution in [0.3, 0.4) is 0 Å². The lowest BCUT2D eigenvalue weighted by molar-refractivity contribution is -0.152. The number of hydrogen-bond acceptors (Lipinski definition) is 11. The molecule has 340 valence electrons. The minimum atomic E-state index is -0.720. The summed E-state index contributed by atoms with van der Waals surface area (Å²) in [5.74, 6) is 0.0949. The first kappa shape index (κ1) is 45.3. The molecule has 2 N–H and O–H groups in total. The number of rotatable bonds is 13. The van der Waals surface area contributed by atoms with Crippen molar-refractivity contribution in [2.75, 3.05) is 39.2 Å². The van der Waals surface area contributed by atoms with Crippen LogP contribution in [0.4, 0.5) is 10.5 Å². The van der Waals surface area contributed by atoms with Crippen LogP contribution in [-0.2, 0) is 45.6 Å². The number of methoxy groups -OCH3 is 2. The average molecular weight is 916 g/mol. The number of aromatic nitrogens is 4. The molecule has 15 nitrogen and oxygen atoms in total. The van der Waals surface area contributed by atoms with Crippen LogP contribution in [0.25, 0.3) is 22.5 Å². The van der Waals surface area contributed by atoms with Gasteiger partial charge in [0.2, 0.25) is 11.8 Å². The zero-order valence-electron chi connectivity index (χ0n) is 37.3. The molecule has 2 bridgehead atoms. The molecule has 1 atom stereocenters. The van der Waals surface area contributed by atoms with E-state index in [0.29, 0.717) is 59.0 Å². The number of hydrogen-bond donors (Lipinski definition) is 2. The first-order valence-electron chi connectivity index (χ1n) is 21.9. The van der Waals surface area contributed by atoms with Gasteiger partial charge >= 0.3 is 12.1 Å². The van der Waals surface area contributed by atoms with Gasteiger partial charge in [0.15, 0.2) is 5.82 Å². The van der Waals surface area contributed by atoms with Gasteiger partial charge in [-0.2, -0.15) is 0 Å². The van der Waals surface area contributed by atoms with E-state index >= 15 is 0 Å². The third kappa shape index (κ3) is 9.16. The minimum Gasteiger partial charge on any atom is -0.481 e. The van der Waals surface area contributed by atoms with Crippen LogP contribution < -0.4 is 15.4 Å². The zero-order chi connectivity index (χ0) is 45.6. The number of benzene rings is 1. The van der Waals surface area contributed by atoms with Crippen LogP contribution in [-0.4, -0.2) is 98.7 Å². The number of imidazole rings is 1. The van der Waals surface area contributed by atoms with Crippen LogP contribution >= 0.6 is 23.2 Å². The highest BCUT2D eigenvalue weighted by Crippen LogP contribution is 2.63. The van der Waals surface area contributed by atoms with E-state index in [0.717, 1.165) is 69.4 Å². The van der Waals surface area contributed by atoms with Crippen molar-refractivity contribution >= 4 is 52.8 Å². The quantitative estimate of drug-likeness (QED) is 0.125. The van der Waals surface area contributed by atoms with Gasteiger partial charge < -0.3 is 34.3 Å². The number of ether oxygens (including phenoxy) is 3. The van der Waals surface area contributed by atoms with Crippen molar-refractivity contribution < 1.29 is 33.4 Å². The first-order chi connectivity index (χ1) is 30.5. The lowest BCUT2D eigenvalue weighted by atomic mass is 9.80. The maximum Gasteiger partial charge on any atom is 0.410 e. The lowest BCUT2D eigenvalue weighted by Gasteiger charge is -2.32. The Hall–Kier alpha value is -5.25. The van der Waals surface area contributed by atoms with Gasteiger partial charge in [0.1, 0.15) is 5.60 Å². The molecular formula is C47H56Cl2N8O7. The van der Waals surface area contributed by atoms with Crippen LogP contribution in [0.15, 0.2) is 42.6 Å². The fraction of sp³-hybridized carbons (Fsp3) is 0.511. The molecule has 3 amide bonds. The number of amides is 3. The monoisotopic (exact) mass is 914 g/mol. The van der Waals surface area contributed by atoms with Crippen molar-refractivity contribution in [1.82, 2.24) is 34.6 Å². The topological polar surface area (TPSA) is 170 Å². The van der Waals surface area contributed by atoms with E-state index in [1.165, 1.54) is 14.2 Å². The average Bonchev–Trinajstić information content (AvgIpc) is 4.05. The van der Waals surface area contributed by atoms with E-state index < -0.39 is 11.7 Å². The molecule has 17 heteroatoms. The molecule has 1 saturated heterocycles. The van der Waals surface area contributed by atoms with Gasteiger partial charge in [0.05, 0.1) is 64.7 Å². The van der Waals surface area contributed by atoms with Crippen molar-refractivity contribution in [2.24, 2.45) is 17.9 Å². The fourth-order valence-corrected chi connectivity index (χ4v) is 10.6. The maximum atomic E-state index is 13.9. The Balaban J connectivity index is 0.959. The van der Waals surface area contributed by atoms with E-state index in [-0.39, 0.29) is 63.7 Å². The number of pyridine rings is 2. The van der Waals surface area contributed by atoms with Crippen molar-refractivity contribution in [3.05, 3.63) is 75.4 Å². The van der Waals surface area contributed by atoms with Crippen molar-refractivity contribution in [3.8, 4) is 28.4 Å². The highest BCUT2D eigenvalue weighted by molar-refractivity contribution is 6.39. The van der Waals surface area contributed by atoms with Gasteiger partial charge in [0.25, 0.3) is 5.91 Å². The number of halogens is 2. The van der Waals surface area contributed by atoms with Crippen molar-refractivity contribution in [3.63, 3.8) is 0 Å². The third-order valence-electron chi connectivity index (χ3n) is 13.4. The molecule has 8 rings (SSSR count). The van der Waals surface area contributed by atoms with Gasteiger partial charge in [0, 0.05) is 68.5 Å². The number of esters is 1. The summed E-state index contributed by atoms with van der Waals surface area (Å²) in [6.07, 6.45) is 8.79. The summed E-state index contributed by atoms with van der Waals surface area (Å²) in [6, 6.07) is 10.4. The summed E-state index contributed by atoms with van der Waals surface area (Å²) in [5.41, 5.74) is 4.07. The molecule has 5 heterocycles. The minimum absolute atomic E-state index is 0.0467. The predicted octanol–water partition coefficient (Wildman–Crippen LogP) is 8.00. The number of fused-ring (bicyclic) bond motifs is 3. The maximum absolute atomic E-state index is 13.9. The van der Waals surface area contributed by atoms with E-state index in [2.05, 4.69) is 20.5 Å². The number of nitrogens with zero attached hydrogens (tertiary/aromatic N) is 6. The number of anilines is 1. The second-order valence-corrected chi connectivity index (χ2v) is 19.5. The van der Waals surface area contributed by atoms with E-state index in [9.17, 15) is 19.2 Å². The molecule has 3 fully saturated rings. The smallest absolute Gasteiger partial charge is 0.410 e. The Morgan fingerprint density at radius 3 is 2.48 bits per heavy atom. The van der Waals surface area contributed by atoms with E-state index in [1.807, 2.05) is 17.7 Å². The Morgan fingerprint density at radius 1 is 1.00 bits per heavy atom. The molecule has 2 aliphatic carbocycles. The molecule has 3 aromatic heterocycles. The number of carbonyl (C=O) groups is 4. The summed E-state index contributed by atoms with van der Waals surface area (Å²) in [5, 5.41) is 6.44. The molecule has 2 saturated carbocycles. The molecule has 4 aromatic rings. The van der Waals surface area contributed by atoms with Crippen LogP contribution in [0, 0.1) is 10.8 Å². The van der Waals surface area contributed by atoms with Gasteiger partial charge in [-0.1, -0.05) is 35.3 Å². The van der Waals surface area contributed by atoms with Crippen molar-refractivity contribution in [1.29, 1.82) is 0 Å². The Bertz CT molecular complexity index is 2480. The molecule has 0 unspecified atom stereocenters. The Morgan fingerprint density at radius 2 is 1.78 bits per heavy atom. The van der Waals surface area contributed by atoms with Gasteiger partial charge in [-0.05, 0) is 102 Å². The summed E-state index contributed by atoms with van der Waals surface area (Å²) >= 11 is 14.1. The van der Waals surface area contributed by atoms with Gasteiger partial charge in [-0.3, -0.25) is 24.3 Å². The lowest BCUT2D eigenvalue weighted by Crippen LogP contribution is -2.43. The molecule has 64 heavy (non-hydrogen) atoms. The molecule has 2 aliphatic heterocycles. The zero-order valence-corrected chi connectivity index (χ0v) is 38.8. The molecular weight excluding hydrogens is 859 g/mol. The highest BCUT2D eigenvalue weighted by Gasteiger charge is 2.58. The largest absolute Gasteiger partial charge is 0.481 e. The first-order valence-corrected chi connectivity index (χ1v) is 22.7. The molecule has 0 spiro atoms. The third-order valence-corrected chi connectivity index (χ3v) is 14.2. The normalized spacial score (nSPS) is 21.6. The van der Waals surface area contributed by atoms with Gasteiger partial charge in [-0.25, -0.2) is 14.8 Å². The van der Waals surface area contributed by atoms with Gasteiger partial charge in [-0.15, -0.1) is 0 Å². The SMILES string of the molecule is COC(=O)C12CCC(CCN3CCc4nc(C(=O)Nc5cccc(-c6nccc(-c7ccc(CN(C[C@@H]8CCC(=O)N8)C(=O)OC(C)(C)C)c(OC)n7)c6Cl)c5Cl)n(C)c4C3)(CC1)C2. The molecule has 0 radical (unpaired) electrons. The number of carbonyl (C=O) groups excluding carboxylic acids is 4. The summed E-state index contributed by atoms with van der Waals surface area (Å²) in [6.45, 7) is 8.27. The second kappa shape index (κ2) is 18.0. The Kier molecular flexibility index (Phi) is 12.7. The number of nitrogens with one attached hydrogen (secondary N) is 2. The summed E-state index contributed by atoms with van der Waals surface area (Å²) in [7, 11) is 4.87. The summed E-state index contributed by atoms with van der Waals surface area (Å²) in [4.78, 5) is 69.9. The van der Waals surface area contributed by atoms with E-state index in [4.69, 9.17) is 47.4 Å².